The van der Waals surface area contributed by atoms with Crippen LogP contribution >= 0.6 is 0 Å². The minimum atomic E-state index is -0.342. The van der Waals surface area contributed by atoms with E-state index in [1.165, 1.54) is 29.5 Å². The number of cyclic esters (lactones) is 1. The number of likely N-dealkylation sites (tertiary alicyclic amines) is 1. The molecule has 1 aromatic carbocycles. The lowest BCUT2D eigenvalue weighted by Gasteiger charge is -2.60. The number of rotatable bonds is 2. The molecule has 2 amide bonds. The van der Waals surface area contributed by atoms with E-state index in [9.17, 15) is 9.59 Å². The third-order valence-corrected chi connectivity index (χ3v) is 7.20. The highest BCUT2D eigenvalue weighted by molar-refractivity contribution is 5.82. The van der Waals surface area contributed by atoms with E-state index in [-0.39, 0.29) is 23.5 Å². The summed E-state index contributed by atoms with van der Waals surface area (Å²) in [6.07, 6.45) is 3.53. The fraction of sp³-hybridized carbons (Fsp3) is 0.619. The molecule has 5 rings (SSSR count). The van der Waals surface area contributed by atoms with Gasteiger partial charge in [-0.25, -0.2) is 4.79 Å². The largest absolute Gasteiger partial charge is 0.447 e. The van der Waals surface area contributed by atoms with E-state index in [2.05, 4.69) is 37.4 Å². The number of carbonyl (C=O) groups excluding carboxylic acids is 2. The van der Waals surface area contributed by atoms with Crippen molar-refractivity contribution in [3.63, 3.8) is 0 Å². The number of nitrogens with one attached hydrogen (secondary N) is 1. The molecule has 4 aliphatic rings. The Labute approximate surface area is 154 Å². The molecule has 2 saturated heterocycles. The molecular weight excluding hydrogens is 328 g/mol. The highest BCUT2D eigenvalue weighted by Crippen LogP contribution is 2.57. The Balaban J connectivity index is 1.12. The monoisotopic (exact) mass is 354 g/mol. The van der Waals surface area contributed by atoms with Crippen molar-refractivity contribution in [3.8, 4) is 0 Å². The second kappa shape index (κ2) is 5.24. The lowest BCUT2D eigenvalue weighted by Crippen LogP contribution is -2.66. The minimum absolute atomic E-state index is 0.0602. The molecule has 1 N–H and O–H groups in total. The highest BCUT2D eigenvalue weighted by Gasteiger charge is 2.58. The van der Waals surface area contributed by atoms with Gasteiger partial charge in [-0.2, -0.15) is 0 Å². The van der Waals surface area contributed by atoms with Crippen molar-refractivity contribution in [2.24, 2.45) is 11.3 Å². The maximum absolute atomic E-state index is 12.7. The molecule has 0 atom stereocenters. The van der Waals surface area contributed by atoms with Gasteiger partial charge in [0, 0.05) is 24.4 Å². The average molecular weight is 354 g/mol. The number of ether oxygens (including phenoxy) is 1. The molecule has 5 nitrogen and oxygen atoms in total. The van der Waals surface area contributed by atoms with E-state index in [0.29, 0.717) is 17.9 Å². The average Bonchev–Trinajstić information content (AvgIpc) is 2.88. The topological polar surface area (TPSA) is 58.6 Å². The van der Waals surface area contributed by atoms with Crippen LogP contribution in [0.15, 0.2) is 18.2 Å². The van der Waals surface area contributed by atoms with Gasteiger partial charge >= 0.3 is 6.09 Å². The molecule has 0 bridgehead atoms. The maximum atomic E-state index is 12.7. The first-order valence-electron chi connectivity index (χ1n) is 9.68. The predicted molar refractivity (Wildman–Crippen MR) is 96.8 cm³/mol. The third kappa shape index (κ3) is 2.36. The predicted octanol–water partition coefficient (Wildman–Crippen LogP) is 2.90. The molecule has 2 heterocycles. The van der Waals surface area contributed by atoms with Crippen molar-refractivity contribution in [2.45, 2.75) is 51.0 Å². The van der Waals surface area contributed by atoms with Crippen LogP contribution in [-0.2, 0) is 9.53 Å². The van der Waals surface area contributed by atoms with E-state index in [1.807, 2.05) is 4.90 Å². The smallest absolute Gasteiger partial charge is 0.407 e. The van der Waals surface area contributed by atoms with Gasteiger partial charge in [0.05, 0.1) is 5.54 Å². The number of nitrogens with zero attached hydrogens (tertiary/aromatic N) is 1. The van der Waals surface area contributed by atoms with Gasteiger partial charge in [-0.3, -0.25) is 4.79 Å². The summed E-state index contributed by atoms with van der Waals surface area (Å²) in [5.41, 5.74) is 4.29. The lowest BCUT2D eigenvalue weighted by molar-refractivity contribution is -0.161. The molecule has 2 aliphatic heterocycles. The molecule has 0 radical (unpaired) electrons. The highest BCUT2D eigenvalue weighted by atomic mass is 16.6. The Morgan fingerprint density at radius 3 is 2.50 bits per heavy atom. The number of alkyl carbamates (subject to hydrolysis) is 1. The number of carbonyl (C=O) groups is 2. The van der Waals surface area contributed by atoms with Gasteiger partial charge < -0.3 is 15.0 Å². The Morgan fingerprint density at radius 1 is 1.15 bits per heavy atom. The zero-order valence-electron chi connectivity index (χ0n) is 15.5. The van der Waals surface area contributed by atoms with Gasteiger partial charge in [0.2, 0.25) is 5.91 Å². The van der Waals surface area contributed by atoms with Crippen molar-refractivity contribution in [1.82, 2.24) is 10.2 Å². The van der Waals surface area contributed by atoms with Gasteiger partial charge in [-0.15, -0.1) is 0 Å². The van der Waals surface area contributed by atoms with Gasteiger partial charge in [0.1, 0.15) is 6.61 Å². The van der Waals surface area contributed by atoms with Crippen molar-refractivity contribution in [1.29, 1.82) is 0 Å². The van der Waals surface area contributed by atoms with Crippen LogP contribution in [0.25, 0.3) is 0 Å². The molecule has 26 heavy (non-hydrogen) atoms. The van der Waals surface area contributed by atoms with Crippen molar-refractivity contribution >= 4 is 12.0 Å². The summed E-state index contributed by atoms with van der Waals surface area (Å²) < 4.78 is 4.99. The van der Waals surface area contributed by atoms with E-state index >= 15 is 0 Å². The molecule has 138 valence electrons. The fourth-order valence-corrected chi connectivity index (χ4v) is 5.45. The SMILES string of the molecule is Cc1ccc(C2CC3(C2)CN(C(=O)[C@H]2C[C@]4(COC(=O)N4)C2)C3)cc1C. The van der Waals surface area contributed by atoms with Gasteiger partial charge in [-0.1, -0.05) is 18.2 Å². The standard InChI is InChI=1S/C21H26N2O3/c1-13-3-4-15(5-14(13)2)16-6-20(7-16)10-23(11-20)18(24)17-8-21(9-17)12-26-19(25)22-21/h3-5,16-17H,6-12H2,1-2H3,(H,22,25)/t17-,21+. The van der Waals surface area contributed by atoms with Crippen LogP contribution in [0.1, 0.15) is 48.3 Å². The second-order valence-electron chi connectivity index (χ2n) is 9.23. The Hall–Kier alpha value is -2.04. The summed E-state index contributed by atoms with van der Waals surface area (Å²) in [7, 11) is 0. The summed E-state index contributed by atoms with van der Waals surface area (Å²) in [4.78, 5) is 25.9. The Morgan fingerprint density at radius 2 is 1.88 bits per heavy atom. The van der Waals surface area contributed by atoms with E-state index in [0.717, 1.165) is 25.9 Å². The van der Waals surface area contributed by atoms with Crippen LogP contribution in [0.5, 0.6) is 0 Å². The van der Waals surface area contributed by atoms with Crippen molar-refractivity contribution < 1.29 is 14.3 Å². The van der Waals surface area contributed by atoms with E-state index in [1.54, 1.807) is 0 Å². The first-order chi connectivity index (χ1) is 12.4. The zero-order valence-corrected chi connectivity index (χ0v) is 15.5. The first kappa shape index (κ1) is 16.2. The molecule has 2 saturated carbocycles. The summed E-state index contributed by atoms with van der Waals surface area (Å²) in [6.45, 7) is 6.58. The van der Waals surface area contributed by atoms with Gasteiger partial charge in [-0.05, 0) is 62.1 Å². The van der Waals surface area contributed by atoms with Crippen LogP contribution in [-0.4, -0.2) is 42.1 Å². The summed E-state index contributed by atoms with van der Waals surface area (Å²) in [5, 5.41) is 2.87. The lowest BCUT2D eigenvalue weighted by atomic mass is 9.55. The fourth-order valence-electron chi connectivity index (χ4n) is 5.45. The quantitative estimate of drug-likeness (QED) is 0.888. The van der Waals surface area contributed by atoms with Crippen LogP contribution < -0.4 is 5.32 Å². The van der Waals surface area contributed by atoms with Crippen LogP contribution in [0, 0.1) is 25.2 Å². The molecule has 4 fully saturated rings. The minimum Gasteiger partial charge on any atom is -0.447 e. The molecule has 0 unspecified atom stereocenters. The maximum Gasteiger partial charge on any atom is 0.407 e. The molecule has 0 aromatic heterocycles. The summed E-state index contributed by atoms with van der Waals surface area (Å²) in [5.74, 6) is 0.992. The van der Waals surface area contributed by atoms with Crippen LogP contribution in [0.3, 0.4) is 0 Å². The zero-order chi connectivity index (χ0) is 18.1. The van der Waals surface area contributed by atoms with Gasteiger partial charge in [0.15, 0.2) is 0 Å². The number of amides is 2. The molecular formula is C21H26N2O3. The van der Waals surface area contributed by atoms with E-state index in [4.69, 9.17) is 4.74 Å². The number of aryl methyl sites for hydroxylation is 2. The second-order valence-corrected chi connectivity index (χ2v) is 9.23. The summed E-state index contributed by atoms with van der Waals surface area (Å²) >= 11 is 0. The van der Waals surface area contributed by atoms with Gasteiger partial charge in [0.25, 0.3) is 0 Å². The molecule has 2 aliphatic carbocycles. The number of hydrogen-bond acceptors (Lipinski definition) is 3. The Kier molecular flexibility index (Phi) is 3.26. The van der Waals surface area contributed by atoms with E-state index < -0.39 is 0 Å². The first-order valence-corrected chi connectivity index (χ1v) is 9.68. The third-order valence-electron chi connectivity index (χ3n) is 7.20. The van der Waals surface area contributed by atoms with Crippen molar-refractivity contribution in [3.05, 3.63) is 34.9 Å². The van der Waals surface area contributed by atoms with Crippen LogP contribution in [0.4, 0.5) is 4.79 Å². The Bertz CT molecular complexity index is 782. The number of hydrogen-bond donors (Lipinski definition) is 1. The molecule has 5 heteroatoms. The number of benzene rings is 1. The molecule has 2 spiro atoms. The summed E-state index contributed by atoms with van der Waals surface area (Å²) in [6, 6.07) is 6.83. The molecule has 1 aromatic rings. The van der Waals surface area contributed by atoms with Crippen LogP contribution in [0.2, 0.25) is 0 Å². The normalized spacial score (nSPS) is 28.2. The van der Waals surface area contributed by atoms with Crippen molar-refractivity contribution in [2.75, 3.05) is 19.7 Å².